The summed E-state index contributed by atoms with van der Waals surface area (Å²) in [5.74, 6) is 0. The molecule has 0 aliphatic rings. The lowest BCUT2D eigenvalue weighted by Crippen LogP contribution is -2.01. The molecular formula is C23H37N3. The Morgan fingerprint density at radius 3 is 1.81 bits per heavy atom. The van der Waals surface area contributed by atoms with E-state index < -0.39 is 0 Å². The van der Waals surface area contributed by atoms with Crippen LogP contribution in [0.4, 0.5) is 5.69 Å². The van der Waals surface area contributed by atoms with Gasteiger partial charge in [0.1, 0.15) is 0 Å². The highest BCUT2D eigenvalue weighted by Gasteiger charge is 1.98. The monoisotopic (exact) mass is 355 g/mol. The lowest BCUT2D eigenvalue weighted by Gasteiger charge is -2.07. The molecule has 3 nitrogen and oxygen atoms in total. The number of nitrogens with one attached hydrogen (secondary N) is 1. The predicted octanol–water partition coefficient (Wildman–Crippen LogP) is 7.13. The maximum Gasteiger partial charge on any atom is 0.0907 e. The molecule has 0 saturated heterocycles. The Labute approximate surface area is 160 Å². The van der Waals surface area contributed by atoms with Crippen molar-refractivity contribution in [3.05, 3.63) is 30.6 Å². The molecule has 1 aromatic heterocycles. The smallest absolute Gasteiger partial charge is 0.0907 e. The first-order chi connectivity index (χ1) is 12.9. The van der Waals surface area contributed by atoms with Crippen LogP contribution in [0.1, 0.15) is 90.4 Å². The Bertz CT molecular complexity index is 597. The van der Waals surface area contributed by atoms with E-state index in [0.717, 1.165) is 23.3 Å². The summed E-state index contributed by atoms with van der Waals surface area (Å²) in [4.78, 5) is 8.66. The third kappa shape index (κ3) is 8.64. The minimum Gasteiger partial charge on any atom is -0.385 e. The van der Waals surface area contributed by atoms with Gasteiger partial charge in [0.25, 0.3) is 0 Å². The lowest BCUT2D eigenvalue weighted by molar-refractivity contribution is 0.541. The average Bonchev–Trinajstić information content (AvgIpc) is 2.68. The molecular weight excluding hydrogens is 318 g/mol. The highest BCUT2D eigenvalue weighted by atomic mass is 14.9. The van der Waals surface area contributed by atoms with Crippen molar-refractivity contribution in [2.24, 2.45) is 0 Å². The van der Waals surface area contributed by atoms with Crippen LogP contribution in [0.5, 0.6) is 0 Å². The highest BCUT2D eigenvalue weighted by Crippen LogP contribution is 2.16. The third-order valence-corrected chi connectivity index (χ3v) is 5.08. The molecule has 0 fully saturated rings. The largest absolute Gasteiger partial charge is 0.385 e. The van der Waals surface area contributed by atoms with Gasteiger partial charge in [-0.25, -0.2) is 0 Å². The van der Waals surface area contributed by atoms with Gasteiger partial charge < -0.3 is 5.32 Å². The number of hydrogen-bond donors (Lipinski definition) is 1. The Hall–Kier alpha value is -1.64. The number of unbranched alkanes of at least 4 members (excludes halogenated alkanes) is 12. The first kappa shape index (κ1) is 20.7. The normalized spacial score (nSPS) is 11.1. The van der Waals surface area contributed by atoms with E-state index >= 15 is 0 Å². The second-order valence-corrected chi connectivity index (χ2v) is 7.43. The Morgan fingerprint density at radius 1 is 0.654 bits per heavy atom. The average molecular weight is 356 g/mol. The van der Waals surface area contributed by atoms with Crippen LogP contribution < -0.4 is 5.32 Å². The summed E-state index contributed by atoms with van der Waals surface area (Å²) in [6.07, 6.45) is 21.7. The standard InChI is InChI=1S/C23H37N3/c1-2-3-4-5-6-7-8-9-10-11-12-13-14-17-24-21-15-16-22-23(20-21)26-19-18-25-22/h15-16,18-20,24H,2-14,17H2,1H3. The Morgan fingerprint density at radius 2 is 1.19 bits per heavy atom. The summed E-state index contributed by atoms with van der Waals surface area (Å²) in [6, 6.07) is 6.22. The molecule has 2 aromatic rings. The lowest BCUT2D eigenvalue weighted by atomic mass is 10.0. The number of fused-ring (bicyclic) bond motifs is 1. The molecule has 0 aliphatic carbocycles. The topological polar surface area (TPSA) is 37.8 Å². The van der Waals surface area contributed by atoms with Crippen molar-refractivity contribution in [3.8, 4) is 0 Å². The molecule has 144 valence electrons. The first-order valence-corrected chi connectivity index (χ1v) is 10.8. The van der Waals surface area contributed by atoms with E-state index in [2.05, 4.69) is 34.3 Å². The van der Waals surface area contributed by atoms with Gasteiger partial charge in [-0.2, -0.15) is 0 Å². The summed E-state index contributed by atoms with van der Waals surface area (Å²) >= 11 is 0. The quantitative estimate of drug-likeness (QED) is 0.345. The van der Waals surface area contributed by atoms with Crippen LogP contribution in [0.3, 0.4) is 0 Å². The van der Waals surface area contributed by atoms with Crippen molar-refractivity contribution >= 4 is 16.7 Å². The van der Waals surface area contributed by atoms with E-state index in [1.807, 2.05) is 6.07 Å². The fourth-order valence-electron chi connectivity index (χ4n) is 3.45. The van der Waals surface area contributed by atoms with E-state index in [-0.39, 0.29) is 0 Å². The van der Waals surface area contributed by atoms with E-state index in [4.69, 9.17) is 0 Å². The molecule has 1 N–H and O–H groups in total. The molecule has 0 spiro atoms. The second-order valence-electron chi connectivity index (χ2n) is 7.43. The van der Waals surface area contributed by atoms with Crippen LogP contribution in [0.15, 0.2) is 30.6 Å². The molecule has 0 radical (unpaired) electrons. The highest BCUT2D eigenvalue weighted by molar-refractivity contribution is 5.78. The van der Waals surface area contributed by atoms with Gasteiger partial charge in [-0.3, -0.25) is 9.97 Å². The number of rotatable bonds is 15. The third-order valence-electron chi connectivity index (χ3n) is 5.08. The van der Waals surface area contributed by atoms with E-state index in [0.29, 0.717) is 0 Å². The van der Waals surface area contributed by atoms with E-state index in [1.165, 1.54) is 83.5 Å². The van der Waals surface area contributed by atoms with Crippen LogP contribution in [-0.4, -0.2) is 16.5 Å². The minimum atomic E-state index is 0.957. The Kier molecular flexibility index (Phi) is 10.8. The van der Waals surface area contributed by atoms with Crippen LogP contribution in [0, 0.1) is 0 Å². The summed E-state index contributed by atoms with van der Waals surface area (Å²) < 4.78 is 0. The van der Waals surface area contributed by atoms with Crippen LogP contribution in [0.2, 0.25) is 0 Å². The van der Waals surface area contributed by atoms with Gasteiger partial charge >= 0.3 is 0 Å². The zero-order chi connectivity index (χ0) is 18.3. The second kappa shape index (κ2) is 13.5. The van der Waals surface area contributed by atoms with Gasteiger partial charge in [0.15, 0.2) is 0 Å². The molecule has 0 bridgehead atoms. The van der Waals surface area contributed by atoms with E-state index in [9.17, 15) is 0 Å². The Balaban J connectivity index is 1.40. The predicted molar refractivity (Wildman–Crippen MR) is 114 cm³/mol. The number of benzene rings is 1. The molecule has 0 amide bonds. The summed E-state index contributed by atoms with van der Waals surface area (Å²) in [5, 5.41) is 3.51. The van der Waals surface area contributed by atoms with Gasteiger partial charge in [0, 0.05) is 24.6 Å². The minimum absolute atomic E-state index is 0.957. The molecule has 0 atom stereocenters. The van der Waals surface area contributed by atoms with Gasteiger partial charge in [-0.15, -0.1) is 0 Å². The maximum atomic E-state index is 4.36. The van der Waals surface area contributed by atoms with Crippen molar-refractivity contribution in [1.29, 1.82) is 0 Å². The number of nitrogens with zero attached hydrogens (tertiary/aromatic N) is 2. The van der Waals surface area contributed by atoms with Crippen molar-refractivity contribution in [2.45, 2.75) is 90.4 Å². The molecule has 3 heteroatoms. The fourth-order valence-corrected chi connectivity index (χ4v) is 3.45. The molecule has 0 saturated carbocycles. The van der Waals surface area contributed by atoms with Crippen molar-refractivity contribution in [2.75, 3.05) is 11.9 Å². The van der Waals surface area contributed by atoms with Crippen LogP contribution in [-0.2, 0) is 0 Å². The molecule has 26 heavy (non-hydrogen) atoms. The van der Waals surface area contributed by atoms with Gasteiger partial charge in [-0.05, 0) is 24.6 Å². The van der Waals surface area contributed by atoms with Gasteiger partial charge in [-0.1, -0.05) is 84.0 Å². The summed E-state index contributed by atoms with van der Waals surface area (Å²) in [6.45, 7) is 3.33. The SMILES string of the molecule is CCCCCCCCCCCCCCCNc1ccc2nccnc2c1. The van der Waals surface area contributed by atoms with Gasteiger partial charge in [0.05, 0.1) is 11.0 Å². The molecule has 1 aromatic carbocycles. The van der Waals surface area contributed by atoms with Crippen molar-refractivity contribution < 1.29 is 0 Å². The number of hydrogen-bond acceptors (Lipinski definition) is 3. The van der Waals surface area contributed by atoms with Crippen molar-refractivity contribution in [3.63, 3.8) is 0 Å². The zero-order valence-corrected chi connectivity index (χ0v) is 16.7. The van der Waals surface area contributed by atoms with E-state index in [1.54, 1.807) is 12.4 Å². The molecule has 0 aliphatic heterocycles. The molecule has 1 heterocycles. The van der Waals surface area contributed by atoms with Crippen LogP contribution in [0.25, 0.3) is 11.0 Å². The molecule has 2 rings (SSSR count). The zero-order valence-electron chi connectivity index (χ0n) is 16.7. The first-order valence-electron chi connectivity index (χ1n) is 10.8. The summed E-state index contributed by atoms with van der Waals surface area (Å²) in [5.41, 5.74) is 3.07. The van der Waals surface area contributed by atoms with Crippen LogP contribution >= 0.6 is 0 Å². The van der Waals surface area contributed by atoms with Gasteiger partial charge in [0.2, 0.25) is 0 Å². The summed E-state index contributed by atoms with van der Waals surface area (Å²) in [7, 11) is 0. The maximum absolute atomic E-state index is 4.36. The molecule has 0 unspecified atom stereocenters. The fraction of sp³-hybridized carbons (Fsp3) is 0.652. The number of aromatic nitrogens is 2. The number of anilines is 1. The van der Waals surface area contributed by atoms with Crippen molar-refractivity contribution in [1.82, 2.24) is 9.97 Å².